The number of hydrogen-bond acceptors (Lipinski definition) is 4. The van der Waals surface area contributed by atoms with E-state index in [2.05, 4.69) is 10.0 Å². The molecular formula is C14H18N2O3S. The number of furan rings is 1. The summed E-state index contributed by atoms with van der Waals surface area (Å²) in [6.07, 6.45) is 0. The Morgan fingerprint density at radius 1 is 1.15 bits per heavy atom. The molecule has 0 fully saturated rings. The normalized spacial score (nSPS) is 11.7. The standard InChI is InChI=1S/C14H18N2O3S/c1-11-14(8-13(19-11)10-15-2)20(17,18)16-9-12-6-4-3-5-7-12/h3-8,15-16H,9-10H2,1-2H3. The van der Waals surface area contributed by atoms with Gasteiger partial charge in [0.15, 0.2) is 0 Å². The number of nitrogens with one attached hydrogen (secondary N) is 2. The summed E-state index contributed by atoms with van der Waals surface area (Å²) in [4.78, 5) is 0.193. The molecule has 0 unspecified atom stereocenters. The van der Waals surface area contributed by atoms with Crippen molar-refractivity contribution in [2.24, 2.45) is 0 Å². The number of sulfonamides is 1. The van der Waals surface area contributed by atoms with E-state index in [9.17, 15) is 8.42 Å². The lowest BCUT2D eigenvalue weighted by atomic mass is 10.2. The molecule has 0 aliphatic rings. The fourth-order valence-electron chi connectivity index (χ4n) is 1.90. The van der Waals surface area contributed by atoms with Crippen LogP contribution in [0.15, 0.2) is 45.7 Å². The van der Waals surface area contributed by atoms with Gasteiger partial charge in [-0.1, -0.05) is 30.3 Å². The molecule has 2 rings (SSSR count). The first-order valence-electron chi connectivity index (χ1n) is 6.30. The zero-order chi connectivity index (χ0) is 14.6. The van der Waals surface area contributed by atoms with E-state index in [0.29, 0.717) is 18.1 Å². The van der Waals surface area contributed by atoms with Gasteiger partial charge >= 0.3 is 0 Å². The van der Waals surface area contributed by atoms with Crippen LogP contribution >= 0.6 is 0 Å². The maximum Gasteiger partial charge on any atom is 0.244 e. The lowest BCUT2D eigenvalue weighted by molar-refractivity contribution is 0.465. The summed E-state index contributed by atoms with van der Waals surface area (Å²) >= 11 is 0. The van der Waals surface area contributed by atoms with Crippen molar-refractivity contribution >= 4 is 10.0 Å². The summed E-state index contributed by atoms with van der Waals surface area (Å²) in [6.45, 7) is 2.40. The zero-order valence-electron chi connectivity index (χ0n) is 11.5. The second kappa shape index (κ2) is 6.21. The topological polar surface area (TPSA) is 71.3 Å². The van der Waals surface area contributed by atoms with Gasteiger partial charge in [-0.3, -0.25) is 0 Å². The molecule has 20 heavy (non-hydrogen) atoms. The van der Waals surface area contributed by atoms with Crippen molar-refractivity contribution in [2.45, 2.75) is 24.9 Å². The summed E-state index contributed by atoms with van der Waals surface area (Å²) in [5, 5.41) is 2.92. The van der Waals surface area contributed by atoms with Crippen molar-refractivity contribution in [1.29, 1.82) is 0 Å². The largest absolute Gasteiger partial charge is 0.464 e. The first-order valence-corrected chi connectivity index (χ1v) is 7.79. The van der Waals surface area contributed by atoms with Crippen molar-refractivity contribution in [3.05, 3.63) is 53.5 Å². The van der Waals surface area contributed by atoms with Crippen LogP contribution in [0.2, 0.25) is 0 Å². The van der Waals surface area contributed by atoms with E-state index in [0.717, 1.165) is 5.56 Å². The maximum atomic E-state index is 12.3. The highest BCUT2D eigenvalue weighted by molar-refractivity contribution is 7.89. The molecule has 1 heterocycles. The van der Waals surface area contributed by atoms with Crippen molar-refractivity contribution < 1.29 is 12.8 Å². The quantitative estimate of drug-likeness (QED) is 0.852. The van der Waals surface area contributed by atoms with E-state index in [1.165, 1.54) is 0 Å². The highest BCUT2D eigenvalue weighted by Gasteiger charge is 2.20. The third-order valence-electron chi connectivity index (χ3n) is 2.87. The Morgan fingerprint density at radius 2 is 1.85 bits per heavy atom. The van der Waals surface area contributed by atoms with Crippen molar-refractivity contribution in [1.82, 2.24) is 10.0 Å². The Morgan fingerprint density at radius 3 is 2.50 bits per heavy atom. The summed E-state index contributed by atoms with van der Waals surface area (Å²) in [5.41, 5.74) is 0.910. The molecule has 2 N–H and O–H groups in total. The molecule has 0 aliphatic carbocycles. The molecule has 5 nitrogen and oxygen atoms in total. The molecule has 0 saturated carbocycles. The molecule has 0 amide bonds. The molecule has 1 aromatic heterocycles. The highest BCUT2D eigenvalue weighted by atomic mass is 32.2. The highest BCUT2D eigenvalue weighted by Crippen LogP contribution is 2.20. The first kappa shape index (κ1) is 14.8. The van der Waals surface area contributed by atoms with Crippen molar-refractivity contribution in [3.8, 4) is 0 Å². The SMILES string of the molecule is CNCc1cc(S(=O)(=O)NCc2ccccc2)c(C)o1. The van der Waals surface area contributed by atoms with Gasteiger partial charge in [0.1, 0.15) is 16.4 Å². The van der Waals surface area contributed by atoms with E-state index in [4.69, 9.17) is 4.42 Å². The van der Waals surface area contributed by atoms with Gasteiger partial charge in [-0.05, 0) is 19.5 Å². The Hall–Kier alpha value is -1.63. The van der Waals surface area contributed by atoms with Gasteiger partial charge in [-0.25, -0.2) is 13.1 Å². The summed E-state index contributed by atoms with van der Waals surface area (Å²) in [5.74, 6) is 1.00. The Labute approximate surface area is 119 Å². The van der Waals surface area contributed by atoms with Gasteiger partial charge in [0.2, 0.25) is 10.0 Å². The predicted octanol–water partition coefficient (Wildman–Crippen LogP) is 1.79. The molecule has 6 heteroatoms. The minimum Gasteiger partial charge on any atom is -0.464 e. The lowest BCUT2D eigenvalue weighted by Crippen LogP contribution is -2.23. The fourth-order valence-corrected chi connectivity index (χ4v) is 3.12. The molecule has 2 aromatic rings. The monoisotopic (exact) mass is 294 g/mol. The van der Waals surface area contributed by atoms with Crippen LogP contribution in [0.4, 0.5) is 0 Å². The molecule has 108 valence electrons. The number of benzene rings is 1. The maximum absolute atomic E-state index is 12.3. The summed E-state index contributed by atoms with van der Waals surface area (Å²) in [6, 6.07) is 10.9. The smallest absolute Gasteiger partial charge is 0.244 e. The van der Waals surface area contributed by atoms with Gasteiger partial charge in [-0.15, -0.1) is 0 Å². The molecule has 0 aliphatic heterocycles. The Balaban J connectivity index is 2.14. The minimum absolute atomic E-state index is 0.193. The number of aryl methyl sites for hydroxylation is 1. The van der Waals surface area contributed by atoms with Crippen LogP contribution in [0.3, 0.4) is 0 Å². The molecular weight excluding hydrogens is 276 g/mol. The van der Waals surface area contributed by atoms with Crippen LogP contribution in [0, 0.1) is 6.92 Å². The lowest BCUT2D eigenvalue weighted by Gasteiger charge is -2.05. The summed E-state index contributed by atoms with van der Waals surface area (Å²) < 4.78 is 32.5. The van der Waals surface area contributed by atoms with E-state index < -0.39 is 10.0 Å². The van der Waals surface area contributed by atoms with Crippen molar-refractivity contribution in [2.75, 3.05) is 7.05 Å². The average molecular weight is 294 g/mol. The third-order valence-corrected chi connectivity index (χ3v) is 4.38. The van der Waals surface area contributed by atoms with Crippen LogP contribution in [0.5, 0.6) is 0 Å². The molecule has 0 bridgehead atoms. The van der Waals surface area contributed by atoms with Gasteiger partial charge in [0, 0.05) is 12.6 Å². The second-order valence-corrected chi connectivity index (χ2v) is 6.21. The van der Waals surface area contributed by atoms with Crippen LogP contribution < -0.4 is 10.0 Å². The van der Waals surface area contributed by atoms with E-state index in [1.807, 2.05) is 30.3 Å². The van der Waals surface area contributed by atoms with Crippen LogP contribution in [-0.4, -0.2) is 15.5 Å². The van der Waals surface area contributed by atoms with E-state index in [-0.39, 0.29) is 11.4 Å². The second-order valence-electron chi connectivity index (χ2n) is 4.47. The third kappa shape index (κ3) is 3.47. The van der Waals surface area contributed by atoms with Gasteiger partial charge in [-0.2, -0.15) is 0 Å². The first-order chi connectivity index (χ1) is 9.53. The molecule has 0 saturated heterocycles. The van der Waals surface area contributed by atoms with Crippen LogP contribution in [0.1, 0.15) is 17.1 Å². The van der Waals surface area contributed by atoms with E-state index >= 15 is 0 Å². The molecule has 1 aromatic carbocycles. The number of rotatable bonds is 6. The van der Waals surface area contributed by atoms with Gasteiger partial charge in [0.25, 0.3) is 0 Å². The Kier molecular flexibility index (Phi) is 4.59. The molecule has 0 atom stereocenters. The fraction of sp³-hybridized carbons (Fsp3) is 0.286. The van der Waals surface area contributed by atoms with Crippen LogP contribution in [0.25, 0.3) is 0 Å². The van der Waals surface area contributed by atoms with Gasteiger partial charge < -0.3 is 9.73 Å². The van der Waals surface area contributed by atoms with Crippen molar-refractivity contribution in [3.63, 3.8) is 0 Å². The molecule has 0 spiro atoms. The van der Waals surface area contributed by atoms with Crippen LogP contribution in [-0.2, 0) is 23.1 Å². The average Bonchev–Trinajstić information content (AvgIpc) is 2.80. The van der Waals surface area contributed by atoms with E-state index in [1.54, 1.807) is 20.0 Å². The Bertz CT molecular complexity index is 663. The minimum atomic E-state index is -3.56. The predicted molar refractivity (Wildman–Crippen MR) is 76.7 cm³/mol. The zero-order valence-corrected chi connectivity index (χ0v) is 12.3. The number of hydrogen-bond donors (Lipinski definition) is 2. The molecule has 0 radical (unpaired) electrons. The van der Waals surface area contributed by atoms with Gasteiger partial charge in [0.05, 0.1) is 6.54 Å². The summed E-state index contributed by atoms with van der Waals surface area (Å²) in [7, 11) is -1.78.